The average molecular weight is 425 g/mol. The molecule has 3 nitrogen and oxygen atoms in total. The van der Waals surface area contributed by atoms with Crippen molar-refractivity contribution in [3.05, 3.63) is 23.3 Å². The van der Waals surface area contributed by atoms with E-state index in [1.54, 1.807) is 5.57 Å². The van der Waals surface area contributed by atoms with Crippen molar-refractivity contribution < 1.29 is 14.7 Å². The van der Waals surface area contributed by atoms with Gasteiger partial charge in [-0.15, -0.1) is 0 Å². The molecule has 1 N–H and O–H groups in total. The van der Waals surface area contributed by atoms with Gasteiger partial charge in [-0.25, -0.2) is 0 Å². The van der Waals surface area contributed by atoms with E-state index >= 15 is 0 Å². The van der Waals surface area contributed by atoms with E-state index in [4.69, 9.17) is 0 Å². The molecule has 0 amide bonds. The first-order valence-electron chi connectivity index (χ1n) is 12.6. The Morgan fingerprint density at radius 3 is 2.39 bits per heavy atom. The molecule has 3 fully saturated rings. The quantitative estimate of drug-likeness (QED) is 0.475. The molecule has 0 aliphatic heterocycles. The molecule has 0 bridgehead atoms. The third-order valence-electron chi connectivity index (χ3n) is 11.7. The lowest BCUT2D eigenvalue weighted by atomic mass is 9.36. The van der Waals surface area contributed by atoms with Gasteiger partial charge in [0.25, 0.3) is 0 Å². The summed E-state index contributed by atoms with van der Waals surface area (Å²) in [6.07, 6.45) is 14.6. The summed E-state index contributed by atoms with van der Waals surface area (Å²) in [7, 11) is 0. The van der Waals surface area contributed by atoms with Crippen LogP contribution in [0, 0.1) is 38.9 Å². The van der Waals surface area contributed by atoms with Gasteiger partial charge in [0, 0.05) is 6.42 Å². The summed E-state index contributed by atoms with van der Waals surface area (Å²) in [4.78, 5) is 24.3. The topological polar surface area (TPSA) is 54.4 Å². The minimum Gasteiger partial charge on any atom is -0.481 e. The number of fused-ring (bicyclic) bond motifs is 7. The van der Waals surface area contributed by atoms with E-state index in [-0.39, 0.29) is 21.7 Å². The number of carbonyl (C=O) groups is 2. The van der Waals surface area contributed by atoms with Crippen molar-refractivity contribution in [3.63, 3.8) is 0 Å². The Bertz CT molecular complexity index is 913. The average Bonchev–Trinajstić information content (AvgIpc) is 2.70. The normalized spacial score (nSPS) is 51.5. The molecule has 5 aliphatic carbocycles. The van der Waals surface area contributed by atoms with E-state index in [9.17, 15) is 14.7 Å². The SMILES string of the molecule is C[C@]1(C(=O)O)CC[C@]2(C)CC[C@]3(C)C(=CC[C@@H]4[C@@]5(C)CCC(=O)C=C5CC[C@]43C)[C@@H]2C1. The molecule has 170 valence electrons. The van der Waals surface area contributed by atoms with Crippen LogP contribution in [-0.4, -0.2) is 16.9 Å². The first kappa shape index (κ1) is 21.5. The highest BCUT2D eigenvalue weighted by Gasteiger charge is 2.65. The van der Waals surface area contributed by atoms with Crippen molar-refractivity contribution in [3.8, 4) is 0 Å². The second-order valence-corrected chi connectivity index (χ2v) is 13.0. The Morgan fingerprint density at radius 1 is 0.968 bits per heavy atom. The van der Waals surface area contributed by atoms with E-state index in [0.717, 1.165) is 44.9 Å². The number of carboxylic acid groups (broad SMARTS) is 1. The number of rotatable bonds is 1. The van der Waals surface area contributed by atoms with Gasteiger partial charge in [-0.3, -0.25) is 9.59 Å². The van der Waals surface area contributed by atoms with E-state index in [2.05, 4.69) is 33.8 Å². The van der Waals surface area contributed by atoms with Gasteiger partial charge < -0.3 is 5.11 Å². The van der Waals surface area contributed by atoms with E-state index in [0.29, 0.717) is 24.0 Å². The first-order valence-corrected chi connectivity index (χ1v) is 12.6. The highest BCUT2D eigenvalue weighted by Crippen LogP contribution is 2.73. The van der Waals surface area contributed by atoms with E-state index in [1.807, 2.05) is 13.0 Å². The fourth-order valence-corrected chi connectivity index (χ4v) is 8.99. The van der Waals surface area contributed by atoms with Crippen LogP contribution >= 0.6 is 0 Å². The molecule has 0 aromatic rings. The lowest BCUT2D eigenvalue weighted by molar-refractivity contribution is -0.156. The minimum atomic E-state index is -0.617. The van der Waals surface area contributed by atoms with Crippen molar-refractivity contribution >= 4 is 11.8 Å². The first-order chi connectivity index (χ1) is 14.4. The molecule has 7 atom stereocenters. The van der Waals surface area contributed by atoms with Crippen molar-refractivity contribution in [2.75, 3.05) is 0 Å². The molecule has 0 radical (unpaired) electrons. The maximum absolute atomic E-state index is 12.2. The molecule has 5 rings (SSSR count). The van der Waals surface area contributed by atoms with Gasteiger partial charge in [0.15, 0.2) is 5.78 Å². The van der Waals surface area contributed by atoms with Crippen LogP contribution in [0.25, 0.3) is 0 Å². The van der Waals surface area contributed by atoms with Gasteiger partial charge in [0.1, 0.15) is 0 Å². The van der Waals surface area contributed by atoms with E-state index in [1.165, 1.54) is 18.4 Å². The smallest absolute Gasteiger partial charge is 0.309 e. The number of carbonyl (C=O) groups excluding carboxylic acids is 1. The summed E-state index contributed by atoms with van der Waals surface area (Å²) in [5.41, 5.74) is 3.12. The Hall–Kier alpha value is -1.38. The molecule has 3 heteroatoms. The highest BCUT2D eigenvalue weighted by atomic mass is 16.4. The fraction of sp³-hybridized carbons (Fsp3) is 0.786. The van der Waals surface area contributed by atoms with Gasteiger partial charge in [0.05, 0.1) is 5.41 Å². The van der Waals surface area contributed by atoms with Crippen molar-refractivity contribution in [2.24, 2.45) is 38.9 Å². The predicted octanol–water partition coefficient (Wildman–Crippen LogP) is 6.73. The zero-order valence-electron chi connectivity index (χ0n) is 20.1. The Morgan fingerprint density at radius 2 is 1.68 bits per heavy atom. The molecule has 0 aromatic carbocycles. The standard InChI is InChI=1S/C28H40O3/c1-24-12-13-25(2,23(30)31)17-21(24)20-6-7-22-26(3)10-9-19(29)16-18(26)8-11-28(22,5)27(20,4)15-14-24/h6,16,21-22H,7-15,17H2,1-5H3,(H,30,31)/t21-,22+,24+,25-,26-,27+,28+/m0/s1. The van der Waals surface area contributed by atoms with Gasteiger partial charge >= 0.3 is 5.97 Å². The van der Waals surface area contributed by atoms with E-state index < -0.39 is 11.4 Å². The number of aliphatic carboxylic acids is 1. The second kappa shape index (κ2) is 6.35. The number of allylic oxidation sites excluding steroid dienone is 4. The fourth-order valence-electron chi connectivity index (χ4n) is 8.99. The van der Waals surface area contributed by atoms with Gasteiger partial charge in [-0.1, -0.05) is 44.9 Å². The van der Waals surface area contributed by atoms with Crippen LogP contribution in [-0.2, 0) is 9.59 Å². The molecule has 0 aromatic heterocycles. The van der Waals surface area contributed by atoms with Crippen LogP contribution in [0.1, 0.15) is 98.8 Å². The third kappa shape index (κ3) is 2.64. The molecule has 0 spiro atoms. The van der Waals surface area contributed by atoms with Crippen molar-refractivity contribution in [2.45, 2.75) is 98.8 Å². The highest BCUT2D eigenvalue weighted by molar-refractivity contribution is 5.91. The Balaban J connectivity index is 1.59. The van der Waals surface area contributed by atoms with Gasteiger partial charge in [0.2, 0.25) is 0 Å². The number of hydrogen-bond acceptors (Lipinski definition) is 2. The summed E-state index contributed by atoms with van der Waals surface area (Å²) in [5.74, 6) is 0.657. The maximum atomic E-state index is 12.2. The van der Waals surface area contributed by atoms with Crippen LogP contribution in [0.4, 0.5) is 0 Å². The lowest BCUT2D eigenvalue weighted by Gasteiger charge is -2.68. The Kier molecular flexibility index (Phi) is 4.40. The second-order valence-electron chi connectivity index (χ2n) is 13.0. The summed E-state index contributed by atoms with van der Waals surface area (Å²) >= 11 is 0. The summed E-state index contributed by atoms with van der Waals surface area (Å²) in [6, 6.07) is 0. The van der Waals surface area contributed by atoms with Gasteiger partial charge in [-0.05, 0) is 104 Å². The third-order valence-corrected chi connectivity index (χ3v) is 11.7. The zero-order chi connectivity index (χ0) is 22.4. The van der Waals surface area contributed by atoms with Crippen LogP contribution in [0.3, 0.4) is 0 Å². The molecule has 0 heterocycles. The zero-order valence-corrected chi connectivity index (χ0v) is 20.1. The lowest BCUT2D eigenvalue weighted by Crippen LogP contribution is -2.60. The van der Waals surface area contributed by atoms with Crippen LogP contribution in [0.5, 0.6) is 0 Å². The molecule has 0 saturated heterocycles. The monoisotopic (exact) mass is 424 g/mol. The van der Waals surface area contributed by atoms with Gasteiger partial charge in [-0.2, -0.15) is 0 Å². The van der Waals surface area contributed by atoms with Crippen LogP contribution < -0.4 is 0 Å². The molecule has 31 heavy (non-hydrogen) atoms. The maximum Gasteiger partial charge on any atom is 0.309 e. The summed E-state index contributed by atoms with van der Waals surface area (Å²) in [5, 5.41) is 10.0. The summed E-state index contributed by atoms with van der Waals surface area (Å²) in [6.45, 7) is 11.9. The summed E-state index contributed by atoms with van der Waals surface area (Å²) < 4.78 is 0. The number of hydrogen-bond donors (Lipinski definition) is 1. The molecule has 0 unspecified atom stereocenters. The minimum absolute atomic E-state index is 0.132. The van der Waals surface area contributed by atoms with Crippen LogP contribution in [0.2, 0.25) is 0 Å². The molecular weight excluding hydrogens is 384 g/mol. The molecule has 3 saturated carbocycles. The van der Waals surface area contributed by atoms with Crippen molar-refractivity contribution in [1.82, 2.24) is 0 Å². The number of ketones is 1. The molecule has 5 aliphatic rings. The molecular formula is C28H40O3. The predicted molar refractivity (Wildman–Crippen MR) is 122 cm³/mol. The van der Waals surface area contributed by atoms with Crippen molar-refractivity contribution in [1.29, 1.82) is 0 Å². The van der Waals surface area contributed by atoms with Crippen LogP contribution in [0.15, 0.2) is 23.3 Å². The largest absolute Gasteiger partial charge is 0.481 e. The Labute approximate surface area is 187 Å². The number of carboxylic acids is 1.